The summed E-state index contributed by atoms with van der Waals surface area (Å²) in [6, 6.07) is 73.7. The van der Waals surface area contributed by atoms with Gasteiger partial charge in [0.05, 0.1) is 38.6 Å². The molecule has 264 valence electrons. The SMILES string of the molecule is c1ccc(-n2c3ccccc3c3ccc(-c4ccc5c6ccccc6n(-c6ccc(-c7cc8c9ccccc9n9c%10ccccc%10c(c7)c89)cc6)c5c4)cc32)cc1. The summed E-state index contributed by atoms with van der Waals surface area (Å²) in [6.07, 6.45) is 0. The molecule has 0 N–H and O–H groups in total. The van der Waals surface area contributed by atoms with Crippen LogP contribution in [0.15, 0.2) is 200 Å². The van der Waals surface area contributed by atoms with Gasteiger partial charge in [-0.05, 0) is 95.1 Å². The van der Waals surface area contributed by atoms with Crippen LogP contribution in [0.2, 0.25) is 0 Å². The van der Waals surface area contributed by atoms with E-state index in [1.54, 1.807) is 0 Å². The molecule has 0 bridgehead atoms. The van der Waals surface area contributed by atoms with E-state index in [9.17, 15) is 0 Å². The monoisotopic (exact) mass is 723 g/mol. The predicted molar refractivity (Wildman–Crippen MR) is 241 cm³/mol. The van der Waals surface area contributed by atoms with Crippen LogP contribution in [-0.2, 0) is 0 Å². The molecule has 0 aliphatic heterocycles. The number of nitrogens with zero attached hydrogens (tertiary/aromatic N) is 3. The summed E-state index contributed by atoms with van der Waals surface area (Å²) in [5, 5.41) is 10.2. The Labute approximate surface area is 327 Å². The van der Waals surface area contributed by atoms with Crippen LogP contribution < -0.4 is 0 Å². The summed E-state index contributed by atoms with van der Waals surface area (Å²) in [4.78, 5) is 0. The van der Waals surface area contributed by atoms with Gasteiger partial charge in [-0.2, -0.15) is 0 Å². The fourth-order valence-corrected chi connectivity index (χ4v) is 9.85. The second kappa shape index (κ2) is 11.5. The van der Waals surface area contributed by atoms with E-state index in [1.807, 2.05) is 0 Å². The minimum absolute atomic E-state index is 1.15. The first kappa shape index (κ1) is 30.7. The van der Waals surface area contributed by atoms with E-state index in [0.29, 0.717) is 0 Å². The maximum absolute atomic E-state index is 2.44. The average molecular weight is 724 g/mol. The molecular weight excluding hydrogens is 691 g/mol. The molecule has 0 unspecified atom stereocenters. The second-order valence-corrected chi connectivity index (χ2v) is 15.3. The Balaban J connectivity index is 0.972. The normalized spacial score (nSPS) is 12.2. The lowest BCUT2D eigenvalue weighted by Gasteiger charge is -2.11. The molecule has 9 aromatic carbocycles. The lowest BCUT2D eigenvalue weighted by atomic mass is 9.99. The summed E-state index contributed by atoms with van der Waals surface area (Å²) in [7, 11) is 0. The van der Waals surface area contributed by atoms with E-state index in [0.717, 1.165) is 5.69 Å². The van der Waals surface area contributed by atoms with E-state index in [2.05, 4.69) is 214 Å². The summed E-state index contributed by atoms with van der Waals surface area (Å²) >= 11 is 0. The molecule has 4 heterocycles. The smallest absolute Gasteiger partial charge is 0.0620 e. The number of fused-ring (bicyclic) bond motifs is 12. The van der Waals surface area contributed by atoms with E-state index >= 15 is 0 Å². The van der Waals surface area contributed by atoms with E-state index in [-0.39, 0.29) is 0 Å². The minimum Gasteiger partial charge on any atom is -0.309 e. The van der Waals surface area contributed by atoms with Gasteiger partial charge < -0.3 is 13.5 Å². The Morgan fingerprint density at radius 2 is 0.614 bits per heavy atom. The van der Waals surface area contributed by atoms with Crippen molar-refractivity contribution in [1.29, 1.82) is 0 Å². The largest absolute Gasteiger partial charge is 0.309 e. The van der Waals surface area contributed by atoms with Crippen molar-refractivity contribution in [3.05, 3.63) is 200 Å². The molecule has 3 nitrogen and oxygen atoms in total. The van der Waals surface area contributed by atoms with Crippen molar-refractivity contribution in [2.24, 2.45) is 0 Å². The molecule has 0 saturated carbocycles. The number of hydrogen-bond donors (Lipinski definition) is 0. The van der Waals surface area contributed by atoms with Gasteiger partial charge in [0.15, 0.2) is 0 Å². The molecule has 57 heavy (non-hydrogen) atoms. The highest BCUT2D eigenvalue weighted by Crippen LogP contribution is 2.43. The standard InChI is InChI=1S/C54H33N3/c1-2-12-38(13-3-1)55-48-18-8-4-14-40(48)44-28-24-35(32-52(44)55)36-25-29-45-41-15-5-9-19-49(41)56(53(45)33-36)39-26-22-34(23-27-39)37-30-46-42-16-6-10-20-50(42)57-51-21-11-7-17-43(51)47(31-37)54(46)57/h1-33H. The van der Waals surface area contributed by atoms with Crippen molar-refractivity contribution in [1.82, 2.24) is 13.5 Å². The van der Waals surface area contributed by atoms with E-state index < -0.39 is 0 Å². The predicted octanol–water partition coefficient (Wildman–Crippen LogP) is 14.4. The highest BCUT2D eigenvalue weighted by molar-refractivity contribution is 6.24. The van der Waals surface area contributed by atoms with Crippen molar-refractivity contribution in [3.63, 3.8) is 0 Å². The summed E-state index contributed by atoms with van der Waals surface area (Å²) in [5.74, 6) is 0. The molecule has 0 aliphatic rings. The zero-order valence-corrected chi connectivity index (χ0v) is 30.9. The number of para-hydroxylation sites is 5. The molecule has 13 aromatic rings. The van der Waals surface area contributed by atoms with Crippen molar-refractivity contribution in [3.8, 4) is 33.6 Å². The molecule has 4 aromatic heterocycles. The highest BCUT2D eigenvalue weighted by atomic mass is 15.0. The van der Waals surface area contributed by atoms with Gasteiger partial charge in [0.1, 0.15) is 0 Å². The third-order valence-corrected chi connectivity index (χ3v) is 12.4. The molecule has 0 spiro atoms. The van der Waals surface area contributed by atoms with Gasteiger partial charge in [0, 0.05) is 54.5 Å². The van der Waals surface area contributed by atoms with Gasteiger partial charge in [0.25, 0.3) is 0 Å². The average Bonchev–Trinajstić information content (AvgIpc) is 4.00. The lowest BCUT2D eigenvalue weighted by molar-refractivity contribution is 1.18. The Morgan fingerprint density at radius 3 is 1.12 bits per heavy atom. The topological polar surface area (TPSA) is 14.3 Å². The van der Waals surface area contributed by atoms with Gasteiger partial charge in [-0.3, -0.25) is 0 Å². The number of rotatable bonds is 4. The van der Waals surface area contributed by atoms with Gasteiger partial charge in [-0.25, -0.2) is 0 Å². The lowest BCUT2D eigenvalue weighted by Crippen LogP contribution is -1.94. The van der Waals surface area contributed by atoms with Gasteiger partial charge >= 0.3 is 0 Å². The molecule has 13 rings (SSSR count). The Hall–Kier alpha value is -7.62. The van der Waals surface area contributed by atoms with Gasteiger partial charge in [-0.15, -0.1) is 0 Å². The quantitative estimate of drug-likeness (QED) is 0.172. The van der Waals surface area contributed by atoms with Crippen molar-refractivity contribution < 1.29 is 0 Å². The van der Waals surface area contributed by atoms with Crippen LogP contribution >= 0.6 is 0 Å². The van der Waals surface area contributed by atoms with Crippen molar-refractivity contribution in [2.75, 3.05) is 0 Å². The number of hydrogen-bond acceptors (Lipinski definition) is 0. The van der Waals surface area contributed by atoms with E-state index in [4.69, 9.17) is 0 Å². The minimum atomic E-state index is 1.15. The van der Waals surface area contributed by atoms with Crippen LogP contribution in [-0.4, -0.2) is 13.5 Å². The molecule has 0 saturated heterocycles. The Bertz CT molecular complexity index is 3650. The molecule has 0 radical (unpaired) electrons. The first-order chi connectivity index (χ1) is 28.3. The zero-order valence-electron chi connectivity index (χ0n) is 30.9. The summed E-state index contributed by atoms with van der Waals surface area (Å²) in [5.41, 5.74) is 15.8. The Kier molecular flexibility index (Phi) is 6.16. The number of benzene rings is 9. The van der Waals surface area contributed by atoms with Crippen LogP contribution in [0.3, 0.4) is 0 Å². The fourth-order valence-electron chi connectivity index (χ4n) is 9.85. The summed E-state index contributed by atoms with van der Waals surface area (Å²) < 4.78 is 7.27. The third kappa shape index (κ3) is 4.26. The number of aromatic nitrogens is 3. The van der Waals surface area contributed by atoms with Crippen LogP contribution in [0.25, 0.3) is 115 Å². The van der Waals surface area contributed by atoms with Crippen LogP contribution in [0.1, 0.15) is 0 Å². The van der Waals surface area contributed by atoms with Gasteiger partial charge in [-0.1, -0.05) is 127 Å². The zero-order chi connectivity index (χ0) is 37.2. The van der Waals surface area contributed by atoms with Crippen molar-refractivity contribution >= 4 is 81.7 Å². The Morgan fingerprint density at radius 1 is 0.228 bits per heavy atom. The maximum atomic E-state index is 2.44. The first-order valence-electron chi connectivity index (χ1n) is 19.7. The highest BCUT2D eigenvalue weighted by Gasteiger charge is 2.20. The molecular formula is C54H33N3. The fraction of sp³-hybridized carbons (Fsp3) is 0. The molecule has 3 heteroatoms. The molecule has 0 aliphatic carbocycles. The van der Waals surface area contributed by atoms with Crippen LogP contribution in [0, 0.1) is 0 Å². The third-order valence-electron chi connectivity index (χ3n) is 12.4. The van der Waals surface area contributed by atoms with Gasteiger partial charge in [0.2, 0.25) is 0 Å². The molecule has 0 amide bonds. The first-order valence-corrected chi connectivity index (χ1v) is 19.7. The molecule has 0 atom stereocenters. The second-order valence-electron chi connectivity index (χ2n) is 15.3. The van der Waals surface area contributed by atoms with Crippen LogP contribution in [0.5, 0.6) is 0 Å². The molecule has 0 fully saturated rings. The summed E-state index contributed by atoms with van der Waals surface area (Å²) in [6.45, 7) is 0. The van der Waals surface area contributed by atoms with Crippen LogP contribution in [0.4, 0.5) is 0 Å². The van der Waals surface area contributed by atoms with Crippen molar-refractivity contribution in [2.45, 2.75) is 0 Å². The maximum Gasteiger partial charge on any atom is 0.0620 e. The van der Waals surface area contributed by atoms with E-state index in [1.165, 1.54) is 110 Å².